The predicted molar refractivity (Wildman–Crippen MR) is 66.5 cm³/mol. The van der Waals surface area contributed by atoms with Gasteiger partial charge in [0.05, 0.1) is 0 Å². The highest BCUT2D eigenvalue weighted by Crippen LogP contribution is 2.08. The minimum atomic E-state index is -0.0623. The van der Waals surface area contributed by atoms with Crippen LogP contribution in [0.15, 0.2) is 22.6 Å². The summed E-state index contributed by atoms with van der Waals surface area (Å²) >= 11 is 0. The molecule has 1 fully saturated rings. The van der Waals surface area contributed by atoms with Gasteiger partial charge in [0.25, 0.3) is 0 Å². The van der Waals surface area contributed by atoms with Gasteiger partial charge < -0.3 is 15.1 Å². The first kappa shape index (κ1) is 11.9. The molecule has 1 amide bonds. The lowest BCUT2D eigenvalue weighted by Crippen LogP contribution is -2.45. The van der Waals surface area contributed by atoms with Gasteiger partial charge in [0.15, 0.2) is 0 Å². The molecule has 0 aromatic carbocycles. The fourth-order valence-corrected chi connectivity index (χ4v) is 1.93. The van der Waals surface area contributed by atoms with Crippen LogP contribution >= 0.6 is 0 Å². The summed E-state index contributed by atoms with van der Waals surface area (Å²) in [4.78, 5) is 11.6. The molecule has 1 aromatic rings. The molecule has 1 atom stereocenters. The highest BCUT2D eigenvalue weighted by atomic mass is 16.3. The van der Waals surface area contributed by atoms with Gasteiger partial charge in [-0.2, -0.15) is 0 Å². The second kappa shape index (κ2) is 5.68. The molecule has 1 aliphatic rings. The van der Waals surface area contributed by atoms with Crippen molar-refractivity contribution in [2.75, 3.05) is 13.1 Å². The van der Waals surface area contributed by atoms with E-state index in [4.69, 9.17) is 4.42 Å². The summed E-state index contributed by atoms with van der Waals surface area (Å²) in [6.07, 6.45) is 5.38. The third-order valence-corrected chi connectivity index (χ3v) is 2.80. The molecule has 0 radical (unpaired) electrons. The van der Waals surface area contributed by atoms with Gasteiger partial charge in [0.1, 0.15) is 11.5 Å². The third kappa shape index (κ3) is 3.75. The Morgan fingerprint density at radius 2 is 2.47 bits per heavy atom. The van der Waals surface area contributed by atoms with Gasteiger partial charge >= 0.3 is 0 Å². The lowest BCUT2D eigenvalue weighted by atomic mass is 10.1. The first-order valence-corrected chi connectivity index (χ1v) is 6.00. The molecule has 1 unspecified atom stereocenters. The Hall–Kier alpha value is -1.55. The van der Waals surface area contributed by atoms with Crippen LogP contribution < -0.4 is 10.6 Å². The minimum absolute atomic E-state index is 0.0623. The molecule has 1 saturated heterocycles. The molecule has 0 spiro atoms. The Labute approximate surface area is 101 Å². The number of hydrogen-bond acceptors (Lipinski definition) is 3. The zero-order valence-electron chi connectivity index (χ0n) is 10.0. The molecule has 4 heteroatoms. The van der Waals surface area contributed by atoms with Crippen LogP contribution in [-0.4, -0.2) is 25.0 Å². The standard InChI is InChI=1S/C13H18N2O2/c1-10-4-5-12(17-10)6-7-13(16)15-11-3-2-8-14-9-11/h4-7,11,14H,2-3,8-9H2,1H3,(H,15,16)/b7-6+. The number of carbonyl (C=O) groups excluding carboxylic acids is 1. The van der Waals surface area contributed by atoms with Crippen LogP contribution in [0.25, 0.3) is 6.08 Å². The molecule has 1 aliphatic heterocycles. The van der Waals surface area contributed by atoms with E-state index >= 15 is 0 Å². The number of rotatable bonds is 3. The molecule has 0 aliphatic carbocycles. The maximum absolute atomic E-state index is 11.6. The fourth-order valence-electron chi connectivity index (χ4n) is 1.93. The first-order valence-electron chi connectivity index (χ1n) is 6.00. The van der Waals surface area contributed by atoms with Crippen molar-refractivity contribution in [3.63, 3.8) is 0 Å². The monoisotopic (exact) mass is 234 g/mol. The lowest BCUT2D eigenvalue weighted by Gasteiger charge is -2.23. The Morgan fingerprint density at radius 3 is 3.12 bits per heavy atom. The summed E-state index contributed by atoms with van der Waals surface area (Å²) in [6.45, 7) is 3.79. The van der Waals surface area contributed by atoms with Crippen molar-refractivity contribution in [3.05, 3.63) is 29.7 Å². The van der Waals surface area contributed by atoms with Crippen LogP contribution in [0.4, 0.5) is 0 Å². The average molecular weight is 234 g/mol. The van der Waals surface area contributed by atoms with Gasteiger partial charge in [-0.1, -0.05) is 0 Å². The zero-order chi connectivity index (χ0) is 12.1. The number of hydrogen-bond donors (Lipinski definition) is 2. The second-order valence-corrected chi connectivity index (χ2v) is 4.33. The zero-order valence-corrected chi connectivity index (χ0v) is 10.0. The molecule has 4 nitrogen and oxygen atoms in total. The van der Waals surface area contributed by atoms with E-state index in [1.54, 1.807) is 6.08 Å². The molecule has 2 rings (SSSR count). The Bertz CT molecular complexity index is 403. The molecule has 17 heavy (non-hydrogen) atoms. The van der Waals surface area contributed by atoms with E-state index in [9.17, 15) is 4.79 Å². The second-order valence-electron chi connectivity index (χ2n) is 4.33. The lowest BCUT2D eigenvalue weighted by molar-refractivity contribution is -0.117. The molecule has 0 bridgehead atoms. The molecule has 1 aromatic heterocycles. The topological polar surface area (TPSA) is 54.3 Å². The molecular formula is C13H18N2O2. The van der Waals surface area contributed by atoms with Crippen LogP contribution in [0.2, 0.25) is 0 Å². The van der Waals surface area contributed by atoms with E-state index in [0.29, 0.717) is 5.76 Å². The number of carbonyl (C=O) groups is 1. The van der Waals surface area contributed by atoms with E-state index in [-0.39, 0.29) is 11.9 Å². The van der Waals surface area contributed by atoms with Crippen molar-refractivity contribution in [2.45, 2.75) is 25.8 Å². The summed E-state index contributed by atoms with van der Waals surface area (Å²) in [5, 5.41) is 6.23. The van der Waals surface area contributed by atoms with Gasteiger partial charge in [0, 0.05) is 18.7 Å². The summed E-state index contributed by atoms with van der Waals surface area (Å²) < 4.78 is 5.34. The van der Waals surface area contributed by atoms with E-state index in [1.807, 2.05) is 19.1 Å². The van der Waals surface area contributed by atoms with Crippen LogP contribution in [0.3, 0.4) is 0 Å². The van der Waals surface area contributed by atoms with E-state index in [2.05, 4.69) is 10.6 Å². The number of amides is 1. The fraction of sp³-hybridized carbons (Fsp3) is 0.462. The normalized spacial score (nSPS) is 20.6. The average Bonchev–Trinajstić information content (AvgIpc) is 2.74. The summed E-state index contributed by atoms with van der Waals surface area (Å²) in [5.74, 6) is 1.49. The largest absolute Gasteiger partial charge is 0.462 e. The van der Waals surface area contributed by atoms with E-state index in [0.717, 1.165) is 31.7 Å². The van der Waals surface area contributed by atoms with Crippen LogP contribution in [0.5, 0.6) is 0 Å². The number of piperidine rings is 1. The molecular weight excluding hydrogens is 216 g/mol. The maximum atomic E-state index is 11.6. The van der Waals surface area contributed by atoms with E-state index < -0.39 is 0 Å². The van der Waals surface area contributed by atoms with Crippen molar-refractivity contribution in [1.29, 1.82) is 0 Å². The highest BCUT2D eigenvalue weighted by molar-refractivity contribution is 5.91. The quantitative estimate of drug-likeness (QED) is 0.779. The van der Waals surface area contributed by atoms with Gasteiger partial charge in [-0.25, -0.2) is 0 Å². The van der Waals surface area contributed by atoms with Crippen molar-refractivity contribution in [2.24, 2.45) is 0 Å². The van der Waals surface area contributed by atoms with Crippen molar-refractivity contribution < 1.29 is 9.21 Å². The smallest absolute Gasteiger partial charge is 0.244 e. The van der Waals surface area contributed by atoms with Gasteiger partial charge in [0.2, 0.25) is 5.91 Å². The molecule has 92 valence electrons. The Kier molecular flexibility index (Phi) is 3.98. The van der Waals surface area contributed by atoms with Crippen LogP contribution in [0.1, 0.15) is 24.4 Å². The number of nitrogens with one attached hydrogen (secondary N) is 2. The molecule has 2 N–H and O–H groups in total. The summed E-state index contributed by atoms with van der Waals surface area (Å²) in [5.41, 5.74) is 0. The van der Waals surface area contributed by atoms with Gasteiger partial charge in [-0.15, -0.1) is 0 Å². The van der Waals surface area contributed by atoms with Crippen LogP contribution in [-0.2, 0) is 4.79 Å². The van der Waals surface area contributed by atoms with Gasteiger partial charge in [-0.3, -0.25) is 4.79 Å². The van der Waals surface area contributed by atoms with E-state index in [1.165, 1.54) is 6.08 Å². The first-order chi connectivity index (χ1) is 8.24. The Morgan fingerprint density at radius 1 is 1.59 bits per heavy atom. The SMILES string of the molecule is Cc1ccc(/C=C/C(=O)NC2CCCNC2)o1. The van der Waals surface area contributed by atoms with Crippen molar-refractivity contribution >= 4 is 12.0 Å². The van der Waals surface area contributed by atoms with Crippen LogP contribution in [0, 0.1) is 6.92 Å². The Balaban J connectivity index is 1.82. The third-order valence-electron chi connectivity index (χ3n) is 2.80. The summed E-state index contributed by atoms with van der Waals surface area (Å²) in [7, 11) is 0. The molecule has 2 heterocycles. The van der Waals surface area contributed by atoms with Crippen molar-refractivity contribution in [1.82, 2.24) is 10.6 Å². The summed E-state index contributed by atoms with van der Waals surface area (Å²) in [6, 6.07) is 3.98. The highest BCUT2D eigenvalue weighted by Gasteiger charge is 2.13. The maximum Gasteiger partial charge on any atom is 0.244 e. The molecule has 0 saturated carbocycles. The van der Waals surface area contributed by atoms with Gasteiger partial charge in [-0.05, 0) is 44.5 Å². The number of furan rings is 1. The van der Waals surface area contributed by atoms with Crippen molar-refractivity contribution in [3.8, 4) is 0 Å². The number of aryl methyl sites for hydroxylation is 1. The minimum Gasteiger partial charge on any atom is -0.462 e. The predicted octanol–water partition coefficient (Wildman–Crippen LogP) is 1.47.